The highest BCUT2D eigenvalue weighted by atomic mass is 32.2. The lowest BCUT2D eigenvalue weighted by molar-refractivity contribution is -0.113. The molecular weight excluding hydrogens is 272 g/mol. The Bertz CT molecular complexity index is 537. The van der Waals surface area contributed by atoms with E-state index in [-0.39, 0.29) is 5.91 Å². The number of rotatable bonds is 5. The summed E-state index contributed by atoms with van der Waals surface area (Å²) in [5.41, 5.74) is 0.907. The minimum atomic E-state index is -0.0782. The lowest BCUT2D eigenvalue weighted by atomic mass is 10.6. The van der Waals surface area contributed by atoms with Crippen molar-refractivity contribution in [3.63, 3.8) is 0 Å². The first-order valence-corrected chi connectivity index (χ1v) is 7.25. The molecule has 2 aromatic rings. The van der Waals surface area contributed by atoms with Gasteiger partial charge in [0.25, 0.3) is 0 Å². The number of hydrogen-bond acceptors (Lipinski definition) is 7. The van der Waals surface area contributed by atoms with Crippen molar-refractivity contribution >= 4 is 34.1 Å². The largest absolute Gasteiger partial charge is 0.425 e. The molecule has 18 heavy (non-hydrogen) atoms. The number of carbonyl (C=O) groups is 1. The number of anilines is 1. The summed E-state index contributed by atoms with van der Waals surface area (Å²) in [6, 6.07) is 0. The van der Waals surface area contributed by atoms with Crippen molar-refractivity contribution in [1.82, 2.24) is 15.2 Å². The molecular formula is C10H12N4O2S2. The van der Waals surface area contributed by atoms with E-state index in [4.69, 9.17) is 4.42 Å². The normalized spacial score (nSPS) is 10.6. The first-order chi connectivity index (χ1) is 8.63. The third kappa shape index (κ3) is 3.81. The first kappa shape index (κ1) is 13.0. The summed E-state index contributed by atoms with van der Waals surface area (Å²) in [7, 11) is 0. The molecule has 0 radical (unpaired) electrons. The number of nitrogens with zero attached hydrogens (tertiary/aromatic N) is 3. The van der Waals surface area contributed by atoms with Crippen LogP contribution in [0.2, 0.25) is 0 Å². The summed E-state index contributed by atoms with van der Waals surface area (Å²) in [5, 5.41) is 12.8. The lowest BCUT2D eigenvalue weighted by Crippen LogP contribution is -2.14. The summed E-state index contributed by atoms with van der Waals surface area (Å²) in [6.45, 7) is 3.62. The zero-order valence-electron chi connectivity index (χ0n) is 9.97. The summed E-state index contributed by atoms with van der Waals surface area (Å²) >= 11 is 2.84. The number of amides is 1. The molecule has 0 aliphatic carbocycles. The van der Waals surface area contributed by atoms with Gasteiger partial charge in [-0.3, -0.25) is 4.79 Å². The van der Waals surface area contributed by atoms with Crippen LogP contribution in [0, 0.1) is 13.8 Å². The number of thioether (sulfide) groups is 1. The second-order valence-electron chi connectivity index (χ2n) is 3.55. The Balaban J connectivity index is 1.72. The van der Waals surface area contributed by atoms with Gasteiger partial charge < -0.3 is 9.73 Å². The van der Waals surface area contributed by atoms with Crippen LogP contribution in [-0.4, -0.2) is 26.8 Å². The molecule has 0 fully saturated rings. The van der Waals surface area contributed by atoms with Crippen molar-refractivity contribution in [3.8, 4) is 0 Å². The molecule has 1 amide bonds. The molecule has 1 N–H and O–H groups in total. The number of aromatic nitrogens is 3. The van der Waals surface area contributed by atoms with Crippen LogP contribution in [-0.2, 0) is 10.5 Å². The van der Waals surface area contributed by atoms with E-state index in [9.17, 15) is 4.79 Å². The van der Waals surface area contributed by atoms with Crippen molar-refractivity contribution in [2.45, 2.75) is 19.6 Å². The van der Waals surface area contributed by atoms with Gasteiger partial charge in [0.1, 0.15) is 0 Å². The Hall–Kier alpha value is -1.41. The van der Waals surface area contributed by atoms with E-state index in [1.54, 1.807) is 6.92 Å². The zero-order valence-corrected chi connectivity index (χ0v) is 11.6. The number of hydrogen-bond donors (Lipinski definition) is 1. The number of aryl methyl sites for hydroxylation is 2. The van der Waals surface area contributed by atoms with Gasteiger partial charge in [0, 0.05) is 12.3 Å². The molecule has 0 atom stereocenters. The van der Waals surface area contributed by atoms with Gasteiger partial charge in [0.05, 0.1) is 17.2 Å². The quantitative estimate of drug-likeness (QED) is 0.904. The average Bonchev–Trinajstić information content (AvgIpc) is 2.88. The molecule has 0 aliphatic rings. The van der Waals surface area contributed by atoms with Gasteiger partial charge in [-0.25, -0.2) is 4.98 Å². The van der Waals surface area contributed by atoms with Crippen LogP contribution in [0.3, 0.4) is 0 Å². The van der Waals surface area contributed by atoms with Crippen molar-refractivity contribution in [1.29, 1.82) is 0 Å². The topological polar surface area (TPSA) is 80.9 Å². The molecule has 2 heterocycles. The molecule has 0 aliphatic heterocycles. The number of thiazole rings is 1. The van der Waals surface area contributed by atoms with Crippen molar-refractivity contribution in [2.24, 2.45) is 0 Å². The summed E-state index contributed by atoms with van der Waals surface area (Å²) in [6.07, 6.45) is 0. The highest BCUT2D eigenvalue weighted by Crippen LogP contribution is 2.16. The van der Waals surface area contributed by atoms with Crippen LogP contribution in [0.4, 0.5) is 5.13 Å². The SMILES string of the molecule is Cc1csc(NC(=O)CSCc2nnc(C)o2)n1. The van der Waals surface area contributed by atoms with Gasteiger partial charge in [-0.2, -0.15) is 0 Å². The predicted molar refractivity (Wildman–Crippen MR) is 70.7 cm³/mol. The van der Waals surface area contributed by atoms with Crippen LogP contribution in [0.5, 0.6) is 0 Å². The second-order valence-corrected chi connectivity index (χ2v) is 5.39. The average molecular weight is 284 g/mol. The van der Waals surface area contributed by atoms with Gasteiger partial charge in [-0.15, -0.1) is 33.3 Å². The Morgan fingerprint density at radius 1 is 1.50 bits per heavy atom. The fourth-order valence-corrected chi connectivity index (χ4v) is 2.55. The predicted octanol–water partition coefficient (Wildman–Crippen LogP) is 2.01. The maximum Gasteiger partial charge on any atom is 0.236 e. The minimum absolute atomic E-state index is 0.0782. The minimum Gasteiger partial charge on any atom is -0.425 e. The fourth-order valence-electron chi connectivity index (χ4n) is 1.19. The second kappa shape index (κ2) is 5.96. The highest BCUT2D eigenvalue weighted by Gasteiger charge is 2.07. The van der Waals surface area contributed by atoms with Crippen molar-refractivity contribution < 1.29 is 9.21 Å². The Labute approximate surface area is 112 Å². The molecule has 0 aromatic carbocycles. The van der Waals surface area contributed by atoms with Gasteiger partial charge in [0.15, 0.2) is 5.13 Å². The van der Waals surface area contributed by atoms with Crippen LogP contribution < -0.4 is 5.32 Å². The van der Waals surface area contributed by atoms with Gasteiger partial charge >= 0.3 is 0 Å². The Morgan fingerprint density at radius 3 is 2.94 bits per heavy atom. The molecule has 0 saturated carbocycles. The molecule has 6 nitrogen and oxygen atoms in total. The molecule has 0 spiro atoms. The molecule has 96 valence electrons. The van der Waals surface area contributed by atoms with Crippen LogP contribution in [0.15, 0.2) is 9.80 Å². The Kier molecular flexibility index (Phi) is 4.32. The third-order valence-electron chi connectivity index (χ3n) is 1.89. The molecule has 0 unspecified atom stereocenters. The monoisotopic (exact) mass is 284 g/mol. The van der Waals surface area contributed by atoms with Gasteiger partial charge in [-0.05, 0) is 6.92 Å². The Morgan fingerprint density at radius 2 is 2.33 bits per heavy atom. The van der Waals surface area contributed by atoms with E-state index in [0.29, 0.717) is 28.4 Å². The van der Waals surface area contributed by atoms with Gasteiger partial charge in [-0.1, -0.05) is 0 Å². The lowest BCUT2D eigenvalue weighted by Gasteiger charge is -1.99. The van der Waals surface area contributed by atoms with E-state index in [1.165, 1.54) is 23.1 Å². The number of carbonyl (C=O) groups excluding carboxylic acids is 1. The van der Waals surface area contributed by atoms with E-state index in [1.807, 2.05) is 12.3 Å². The zero-order chi connectivity index (χ0) is 13.0. The number of nitrogens with one attached hydrogen (secondary N) is 1. The van der Waals surface area contributed by atoms with E-state index in [2.05, 4.69) is 20.5 Å². The third-order valence-corrected chi connectivity index (χ3v) is 3.68. The molecule has 2 aromatic heterocycles. The molecule has 0 saturated heterocycles. The first-order valence-electron chi connectivity index (χ1n) is 5.22. The van der Waals surface area contributed by atoms with Crippen molar-refractivity contribution in [2.75, 3.05) is 11.1 Å². The standard InChI is InChI=1S/C10H12N4O2S2/c1-6-3-18-10(11-6)12-8(15)4-17-5-9-14-13-7(2)16-9/h3H,4-5H2,1-2H3,(H,11,12,15). The van der Waals surface area contributed by atoms with E-state index < -0.39 is 0 Å². The maximum atomic E-state index is 11.6. The smallest absolute Gasteiger partial charge is 0.236 e. The van der Waals surface area contributed by atoms with Crippen LogP contribution >= 0.6 is 23.1 Å². The maximum absolute atomic E-state index is 11.6. The highest BCUT2D eigenvalue weighted by molar-refractivity contribution is 7.99. The summed E-state index contributed by atoms with van der Waals surface area (Å²) in [4.78, 5) is 15.7. The van der Waals surface area contributed by atoms with E-state index >= 15 is 0 Å². The molecule has 2 rings (SSSR count). The van der Waals surface area contributed by atoms with Crippen molar-refractivity contribution in [3.05, 3.63) is 22.9 Å². The summed E-state index contributed by atoms with van der Waals surface area (Å²) < 4.78 is 5.20. The van der Waals surface area contributed by atoms with E-state index in [0.717, 1.165) is 5.69 Å². The summed E-state index contributed by atoms with van der Waals surface area (Å²) in [5.74, 6) is 1.86. The van der Waals surface area contributed by atoms with Crippen LogP contribution in [0.25, 0.3) is 0 Å². The fraction of sp³-hybridized carbons (Fsp3) is 0.400. The van der Waals surface area contributed by atoms with Crippen LogP contribution in [0.1, 0.15) is 17.5 Å². The van der Waals surface area contributed by atoms with Gasteiger partial charge in [0.2, 0.25) is 17.7 Å². The molecule has 8 heteroatoms. The molecule has 0 bridgehead atoms.